The van der Waals surface area contributed by atoms with Gasteiger partial charge in [0.05, 0.1) is 24.3 Å². The summed E-state index contributed by atoms with van der Waals surface area (Å²) < 4.78 is 38.2. The molecule has 3 N–H and O–H groups in total. The third kappa shape index (κ3) is 6.00. The molecule has 0 aliphatic carbocycles. The zero-order valence-corrected chi connectivity index (χ0v) is 21.3. The van der Waals surface area contributed by atoms with E-state index in [0.717, 1.165) is 19.6 Å². The van der Waals surface area contributed by atoms with Gasteiger partial charge in [-0.15, -0.1) is 0 Å². The van der Waals surface area contributed by atoms with E-state index in [-0.39, 0.29) is 11.8 Å². The number of aromatic nitrogens is 4. The third-order valence-electron chi connectivity index (χ3n) is 6.10. The number of hydrogen-bond acceptors (Lipinski definition) is 10. The van der Waals surface area contributed by atoms with Gasteiger partial charge in [-0.3, -0.25) is 9.11 Å². The molecule has 1 saturated heterocycles. The Morgan fingerprint density at radius 1 is 1.19 bits per heavy atom. The topological polar surface area (TPSA) is 127 Å². The minimum Gasteiger partial charge on any atom is -0.493 e. The van der Waals surface area contributed by atoms with Crippen molar-refractivity contribution in [3.05, 3.63) is 48.5 Å². The van der Waals surface area contributed by atoms with Crippen molar-refractivity contribution in [1.82, 2.24) is 24.5 Å². The van der Waals surface area contributed by atoms with Crippen LogP contribution in [-0.4, -0.2) is 86.6 Å². The highest BCUT2D eigenvalue weighted by Crippen LogP contribution is 2.25. The van der Waals surface area contributed by atoms with Crippen LogP contribution >= 0.6 is 0 Å². The first-order valence-electron chi connectivity index (χ1n) is 12.0. The molecule has 196 valence electrons. The van der Waals surface area contributed by atoms with Gasteiger partial charge >= 0.3 is 0 Å². The lowest BCUT2D eigenvalue weighted by molar-refractivity contribution is 0.266. The summed E-state index contributed by atoms with van der Waals surface area (Å²) in [5, 5.41) is 7.64. The van der Waals surface area contributed by atoms with Crippen molar-refractivity contribution in [3.63, 3.8) is 0 Å². The highest BCUT2D eigenvalue weighted by Gasteiger charge is 2.20. The normalized spacial score (nSPS) is 15.2. The molecule has 4 aromatic rings. The standard InChI is InChI=1S/C24H29FN8O3S/c1-37(34)14-13-35-17-4-5-20(18(25)15-17)32-10-8-31(9-11-32)7-6-27-24-28-22-16-19(21-3-2-12-36-21)30-33(22)23(26)29-24/h2-5,12,15-16H,6-11,13-14H2,1H3,(H3,26,27,28,29)/t37-/m0/s1. The Morgan fingerprint density at radius 3 is 2.76 bits per heavy atom. The maximum absolute atomic E-state index is 14.7. The summed E-state index contributed by atoms with van der Waals surface area (Å²) in [4.78, 5) is 13.2. The van der Waals surface area contributed by atoms with Crippen LogP contribution in [0.4, 0.5) is 22.0 Å². The first-order valence-corrected chi connectivity index (χ1v) is 13.7. The van der Waals surface area contributed by atoms with Crippen molar-refractivity contribution in [1.29, 1.82) is 0 Å². The predicted molar refractivity (Wildman–Crippen MR) is 141 cm³/mol. The van der Waals surface area contributed by atoms with Gasteiger partial charge in [-0.25, -0.2) is 4.39 Å². The Kier molecular flexibility index (Phi) is 7.51. The molecule has 13 heteroatoms. The van der Waals surface area contributed by atoms with Crippen LogP contribution in [0.5, 0.6) is 5.75 Å². The number of benzene rings is 1. The van der Waals surface area contributed by atoms with Gasteiger partial charge in [-0.05, 0) is 24.3 Å². The van der Waals surface area contributed by atoms with Gasteiger partial charge in [-0.2, -0.15) is 19.6 Å². The van der Waals surface area contributed by atoms with Crippen molar-refractivity contribution < 1.29 is 17.8 Å². The smallest absolute Gasteiger partial charge is 0.228 e. The molecule has 1 aliphatic rings. The fourth-order valence-electron chi connectivity index (χ4n) is 4.18. The average Bonchev–Trinajstić information content (AvgIpc) is 3.55. The number of ether oxygens (including phenoxy) is 1. The van der Waals surface area contributed by atoms with E-state index in [2.05, 4.69) is 25.3 Å². The molecule has 1 fully saturated rings. The van der Waals surface area contributed by atoms with Crippen molar-refractivity contribution in [2.45, 2.75) is 0 Å². The second-order valence-corrected chi connectivity index (χ2v) is 10.2. The number of nitrogens with two attached hydrogens (primary N) is 1. The van der Waals surface area contributed by atoms with E-state index in [9.17, 15) is 8.60 Å². The van der Waals surface area contributed by atoms with E-state index in [4.69, 9.17) is 14.9 Å². The number of nitrogens with zero attached hydrogens (tertiary/aromatic N) is 6. The Hall–Kier alpha value is -3.71. The molecule has 0 amide bonds. The van der Waals surface area contributed by atoms with E-state index in [0.29, 0.717) is 66.5 Å². The number of nitrogens with one attached hydrogen (secondary N) is 1. The molecule has 3 aromatic heterocycles. The lowest BCUT2D eigenvalue weighted by atomic mass is 10.2. The van der Waals surface area contributed by atoms with Crippen molar-refractivity contribution >= 4 is 34.0 Å². The molecule has 4 heterocycles. The Labute approximate surface area is 215 Å². The number of furan rings is 1. The van der Waals surface area contributed by atoms with Gasteiger partial charge in [-0.1, -0.05) is 0 Å². The minimum absolute atomic E-state index is 0.234. The zero-order valence-electron chi connectivity index (χ0n) is 20.5. The summed E-state index contributed by atoms with van der Waals surface area (Å²) in [6, 6.07) is 10.3. The van der Waals surface area contributed by atoms with Crippen LogP contribution in [0.25, 0.3) is 17.1 Å². The van der Waals surface area contributed by atoms with Crippen molar-refractivity contribution in [3.8, 4) is 17.2 Å². The Balaban J connectivity index is 1.11. The molecule has 1 aromatic carbocycles. The lowest BCUT2D eigenvalue weighted by Crippen LogP contribution is -2.48. The Morgan fingerprint density at radius 2 is 2.03 bits per heavy atom. The van der Waals surface area contributed by atoms with Crippen LogP contribution in [0, 0.1) is 5.82 Å². The molecule has 0 radical (unpaired) electrons. The Bertz CT molecular complexity index is 1370. The molecule has 0 bridgehead atoms. The number of halogens is 1. The number of nitrogen functional groups attached to an aromatic ring is 1. The van der Waals surface area contributed by atoms with Crippen molar-refractivity contribution in [2.75, 3.05) is 73.8 Å². The molecule has 0 unspecified atom stereocenters. The third-order valence-corrected chi connectivity index (χ3v) is 6.85. The summed E-state index contributed by atoms with van der Waals surface area (Å²) in [5.41, 5.74) is 7.85. The second-order valence-electron chi connectivity index (χ2n) is 8.68. The van der Waals surface area contributed by atoms with Crippen LogP contribution in [0.3, 0.4) is 0 Å². The first kappa shape index (κ1) is 25.0. The van der Waals surface area contributed by atoms with Gasteiger partial charge in [0.2, 0.25) is 11.9 Å². The van der Waals surface area contributed by atoms with Gasteiger partial charge in [0.15, 0.2) is 11.4 Å². The van der Waals surface area contributed by atoms with E-state index < -0.39 is 10.8 Å². The molecule has 11 nitrogen and oxygen atoms in total. The van der Waals surface area contributed by atoms with Crippen LogP contribution in [-0.2, 0) is 10.8 Å². The number of hydrogen-bond donors (Lipinski definition) is 2. The number of anilines is 3. The number of piperazine rings is 1. The van der Waals surface area contributed by atoms with Gasteiger partial charge in [0.25, 0.3) is 0 Å². The summed E-state index contributed by atoms with van der Waals surface area (Å²) in [6.07, 6.45) is 3.20. The molecule has 0 spiro atoms. The highest BCUT2D eigenvalue weighted by atomic mass is 32.2. The summed E-state index contributed by atoms with van der Waals surface area (Å²) >= 11 is 0. The molecular weight excluding hydrogens is 499 g/mol. The highest BCUT2D eigenvalue weighted by molar-refractivity contribution is 7.84. The van der Waals surface area contributed by atoms with E-state index in [1.54, 1.807) is 36.8 Å². The summed E-state index contributed by atoms with van der Waals surface area (Å²) in [5.74, 6) is 1.86. The van der Waals surface area contributed by atoms with Crippen LogP contribution in [0.1, 0.15) is 0 Å². The first-order chi connectivity index (χ1) is 18.0. The number of rotatable bonds is 10. The molecule has 1 atom stereocenters. The molecular formula is C24H29FN8O3S. The van der Waals surface area contributed by atoms with Crippen LogP contribution < -0.4 is 20.7 Å². The zero-order chi connectivity index (χ0) is 25.8. The number of fused-ring (bicyclic) bond motifs is 1. The maximum atomic E-state index is 14.7. The van der Waals surface area contributed by atoms with Crippen molar-refractivity contribution in [2.24, 2.45) is 0 Å². The quantitative estimate of drug-likeness (QED) is 0.316. The van der Waals surface area contributed by atoms with Gasteiger partial charge in [0.1, 0.15) is 17.3 Å². The van der Waals surface area contributed by atoms with Gasteiger partial charge in [0, 0.05) is 68.5 Å². The van der Waals surface area contributed by atoms with E-state index >= 15 is 0 Å². The van der Waals surface area contributed by atoms with E-state index in [1.165, 1.54) is 10.6 Å². The second kappa shape index (κ2) is 11.1. The monoisotopic (exact) mass is 528 g/mol. The van der Waals surface area contributed by atoms with Crippen LogP contribution in [0.2, 0.25) is 0 Å². The molecule has 37 heavy (non-hydrogen) atoms. The summed E-state index contributed by atoms with van der Waals surface area (Å²) in [7, 11) is -0.937. The van der Waals surface area contributed by atoms with Crippen LogP contribution in [0.15, 0.2) is 47.1 Å². The average molecular weight is 529 g/mol. The molecule has 1 aliphatic heterocycles. The largest absolute Gasteiger partial charge is 0.493 e. The lowest BCUT2D eigenvalue weighted by Gasteiger charge is -2.36. The van der Waals surface area contributed by atoms with Gasteiger partial charge < -0.3 is 25.1 Å². The van der Waals surface area contributed by atoms with E-state index in [1.807, 2.05) is 11.0 Å². The predicted octanol–water partition coefficient (Wildman–Crippen LogP) is 2.10. The fraction of sp³-hybridized carbons (Fsp3) is 0.375. The molecule has 0 saturated carbocycles. The fourth-order valence-corrected chi connectivity index (χ4v) is 4.50. The minimum atomic E-state index is -0.937. The maximum Gasteiger partial charge on any atom is 0.228 e. The SMILES string of the molecule is C[S@](=O)CCOc1ccc(N2CCN(CCNc3nc(N)n4nc(-c5ccco5)cc4n3)CC2)c(F)c1. The molecule has 5 rings (SSSR count). The summed E-state index contributed by atoms with van der Waals surface area (Å²) in [6.45, 7) is 4.76.